The first-order valence-corrected chi connectivity index (χ1v) is 7.69. The second kappa shape index (κ2) is 6.70. The fourth-order valence-electron chi connectivity index (χ4n) is 1.86. The first kappa shape index (κ1) is 15.5. The Balaban J connectivity index is 2.31. The summed E-state index contributed by atoms with van der Waals surface area (Å²) in [7, 11) is 0. The van der Waals surface area contributed by atoms with Gasteiger partial charge in [0.2, 0.25) is 0 Å². The van der Waals surface area contributed by atoms with Crippen LogP contribution in [0.1, 0.15) is 18.6 Å². The monoisotopic (exact) mass is 401 g/mol. The molecule has 2 unspecified atom stereocenters. The fourth-order valence-corrected chi connectivity index (χ4v) is 2.61. The third-order valence-electron chi connectivity index (χ3n) is 2.84. The summed E-state index contributed by atoms with van der Waals surface area (Å²) in [6, 6.07) is 12.1. The average Bonchev–Trinajstić information content (AvgIpc) is 2.41. The molecule has 106 valence electrons. The largest absolute Gasteiger partial charge is 0.484 e. The molecule has 0 saturated carbocycles. The van der Waals surface area contributed by atoms with Gasteiger partial charge in [0, 0.05) is 22.1 Å². The van der Waals surface area contributed by atoms with Crippen LogP contribution in [0.5, 0.6) is 5.75 Å². The van der Waals surface area contributed by atoms with E-state index in [1.165, 1.54) is 6.07 Å². The van der Waals surface area contributed by atoms with Crippen molar-refractivity contribution in [2.24, 2.45) is 5.73 Å². The molecule has 2 aromatic rings. The van der Waals surface area contributed by atoms with Crippen molar-refractivity contribution in [3.63, 3.8) is 0 Å². The molecule has 0 aromatic heterocycles. The minimum atomic E-state index is -0.363. The van der Waals surface area contributed by atoms with E-state index >= 15 is 0 Å². The predicted octanol–water partition coefficient (Wildman–Crippen LogP) is 4.82. The predicted molar refractivity (Wildman–Crippen MR) is 85.3 cm³/mol. The van der Waals surface area contributed by atoms with E-state index in [4.69, 9.17) is 10.5 Å². The number of halogens is 3. The summed E-state index contributed by atoms with van der Waals surface area (Å²) in [5, 5.41) is 0. The Kier molecular flexibility index (Phi) is 5.18. The highest BCUT2D eigenvalue weighted by atomic mass is 79.9. The zero-order valence-electron chi connectivity index (χ0n) is 10.8. The third-order valence-corrected chi connectivity index (χ3v) is 4.21. The Morgan fingerprint density at radius 1 is 1.10 bits per heavy atom. The molecule has 2 nitrogen and oxygen atoms in total. The van der Waals surface area contributed by atoms with E-state index in [0.29, 0.717) is 10.2 Å². The molecule has 0 radical (unpaired) electrons. The van der Waals surface area contributed by atoms with E-state index < -0.39 is 0 Å². The molecule has 2 atom stereocenters. The lowest BCUT2D eigenvalue weighted by molar-refractivity contribution is 0.179. The van der Waals surface area contributed by atoms with Gasteiger partial charge >= 0.3 is 0 Å². The Hall–Kier alpha value is -0.910. The van der Waals surface area contributed by atoms with E-state index in [2.05, 4.69) is 31.9 Å². The Bertz CT molecular complexity index is 604. The van der Waals surface area contributed by atoms with E-state index in [-0.39, 0.29) is 18.0 Å². The Labute approximate surface area is 134 Å². The highest BCUT2D eigenvalue weighted by Crippen LogP contribution is 2.31. The molecule has 5 heteroatoms. The van der Waals surface area contributed by atoms with Crippen molar-refractivity contribution < 1.29 is 9.13 Å². The van der Waals surface area contributed by atoms with Gasteiger partial charge in [0.1, 0.15) is 17.7 Å². The van der Waals surface area contributed by atoms with Crippen molar-refractivity contribution in [2.45, 2.75) is 19.1 Å². The van der Waals surface area contributed by atoms with Crippen LogP contribution in [0.4, 0.5) is 4.39 Å². The maximum Gasteiger partial charge on any atom is 0.141 e. The van der Waals surface area contributed by atoms with Crippen LogP contribution in [0, 0.1) is 5.82 Å². The normalized spacial score (nSPS) is 13.8. The van der Waals surface area contributed by atoms with Gasteiger partial charge in [-0.15, -0.1) is 0 Å². The molecule has 0 fully saturated rings. The number of ether oxygens (including phenoxy) is 1. The molecular formula is C15H14Br2FNO. The topological polar surface area (TPSA) is 35.2 Å². The lowest BCUT2D eigenvalue weighted by Gasteiger charge is -2.24. The quantitative estimate of drug-likeness (QED) is 0.795. The van der Waals surface area contributed by atoms with Gasteiger partial charge in [-0.05, 0) is 41.1 Å². The summed E-state index contributed by atoms with van der Waals surface area (Å²) in [5.41, 5.74) is 6.94. The van der Waals surface area contributed by atoms with Crippen LogP contribution >= 0.6 is 31.9 Å². The van der Waals surface area contributed by atoms with Crippen LogP contribution in [0.3, 0.4) is 0 Å². The van der Waals surface area contributed by atoms with Gasteiger partial charge in [-0.3, -0.25) is 0 Å². The Morgan fingerprint density at radius 2 is 1.80 bits per heavy atom. The van der Waals surface area contributed by atoms with Gasteiger partial charge in [-0.2, -0.15) is 0 Å². The van der Waals surface area contributed by atoms with E-state index in [1.54, 1.807) is 12.1 Å². The summed E-state index contributed by atoms with van der Waals surface area (Å²) in [6.07, 6.45) is -0.355. The second-order valence-electron chi connectivity index (χ2n) is 4.49. The van der Waals surface area contributed by atoms with Gasteiger partial charge in [-0.25, -0.2) is 4.39 Å². The van der Waals surface area contributed by atoms with Crippen molar-refractivity contribution >= 4 is 31.9 Å². The molecule has 0 aliphatic rings. The zero-order valence-corrected chi connectivity index (χ0v) is 14.0. The summed E-state index contributed by atoms with van der Waals surface area (Å²) in [6.45, 7) is 1.86. The summed E-state index contributed by atoms with van der Waals surface area (Å²) >= 11 is 6.61. The molecule has 0 spiro atoms. The molecule has 0 aliphatic heterocycles. The second-order valence-corrected chi connectivity index (χ2v) is 6.20. The van der Waals surface area contributed by atoms with Crippen molar-refractivity contribution in [1.82, 2.24) is 0 Å². The molecule has 0 aliphatic carbocycles. The van der Waals surface area contributed by atoms with Crippen molar-refractivity contribution in [1.29, 1.82) is 0 Å². The van der Waals surface area contributed by atoms with E-state index in [9.17, 15) is 4.39 Å². The van der Waals surface area contributed by atoms with E-state index in [0.717, 1.165) is 10.0 Å². The minimum Gasteiger partial charge on any atom is -0.484 e. The van der Waals surface area contributed by atoms with Crippen molar-refractivity contribution in [2.75, 3.05) is 0 Å². The number of hydrogen-bond donors (Lipinski definition) is 1. The Morgan fingerprint density at radius 3 is 2.40 bits per heavy atom. The molecular weight excluding hydrogens is 389 g/mol. The number of hydrogen-bond acceptors (Lipinski definition) is 2. The molecule has 0 amide bonds. The summed E-state index contributed by atoms with van der Waals surface area (Å²) < 4.78 is 20.7. The van der Waals surface area contributed by atoms with Crippen LogP contribution in [0.15, 0.2) is 51.4 Å². The summed E-state index contributed by atoms with van der Waals surface area (Å²) in [4.78, 5) is 0. The van der Waals surface area contributed by atoms with Crippen LogP contribution in [-0.2, 0) is 0 Å². The molecule has 20 heavy (non-hydrogen) atoms. The average molecular weight is 403 g/mol. The first-order valence-electron chi connectivity index (χ1n) is 6.10. The molecule has 0 saturated heterocycles. The first-order chi connectivity index (χ1) is 9.49. The van der Waals surface area contributed by atoms with Crippen molar-refractivity contribution in [3.8, 4) is 5.75 Å². The minimum absolute atomic E-state index is 0.236. The lowest BCUT2D eigenvalue weighted by atomic mass is 10.0. The highest BCUT2D eigenvalue weighted by molar-refractivity contribution is 9.10. The summed E-state index contributed by atoms with van der Waals surface area (Å²) in [5.74, 6) is 0.0850. The molecule has 0 heterocycles. The molecule has 0 bridgehead atoms. The maximum absolute atomic E-state index is 13.5. The lowest BCUT2D eigenvalue weighted by Crippen LogP contribution is -2.29. The fraction of sp³-hybridized carbons (Fsp3) is 0.200. The smallest absolute Gasteiger partial charge is 0.141 e. The number of nitrogens with two attached hydrogens (primary N) is 1. The van der Waals surface area contributed by atoms with Crippen LogP contribution in [-0.4, -0.2) is 6.04 Å². The highest BCUT2D eigenvalue weighted by Gasteiger charge is 2.20. The van der Waals surface area contributed by atoms with Gasteiger partial charge in [0.15, 0.2) is 0 Å². The number of rotatable bonds is 4. The van der Waals surface area contributed by atoms with Crippen LogP contribution in [0.2, 0.25) is 0 Å². The van der Waals surface area contributed by atoms with Gasteiger partial charge < -0.3 is 10.5 Å². The van der Waals surface area contributed by atoms with Crippen LogP contribution in [0.25, 0.3) is 0 Å². The molecule has 2 N–H and O–H groups in total. The maximum atomic E-state index is 13.5. The van der Waals surface area contributed by atoms with Gasteiger partial charge in [0.05, 0.1) is 4.47 Å². The number of benzene rings is 2. The zero-order chi connectivity index (χ0) is 14.7. The van der Waals surface area contributed by atoms with Gasteiger partial charge in [0.25, 0.3) is 0 Å². The van der Waals surface area contributed by atoms with Crippen molar-refractivity contribution in [3.05, 3.63) is 62.8 Å². The standard InChI is InChI=1S/C15H14Br2FNO/c1-9(19)15(11-4-2-3-5-12(11)16)20-10-6-7-13(17)14(18)8-10/h2-9,15H,19H2,1H3. The van der Waals surface area contributed by atoms with E-state index in [1.807, 2.05) is 31.2 Å². The third kappa shape index (κ3) is 3.59. The SMILES string of the molecule is CC(N)C(Oc1ccc(Br)c(F)c1)c1ccccc1Br. The molecule has 2 aromatic carbocycles. The molecule has 2 rings (SSSR count). The van der Waals surface area contributed by atoms with Gasteiger partial charge in [-0.1, -0.05) is 34.1 Å². The van der Waals surface area contributed by atoms with Crippen LogP contribution < -0.4 is 10.5 Å².